The van der Waals surface area contributed by atoms with E-state index in [1.54, 1.807) is 18.2 Å². The number of aromatic nitrogens is 2. The summed E-state index contributed by atoms with van der Waals surface area (Å²) in [6.07, 6.45) is 2.08. The molecule has 100 valence electrons. The molecule has 0 bridgehead atoms. The minimum absolute atomic E-state index is 0.105. The fourth-order valence-electron chi connectivity index (χ4n) is 1.83. The molecule has 0 aliphatic rings. The number of nitrogens with zero attached hydrogens (tertiary/aromatic N) is 2. The number of hydrogen-bond acceptors (Lipinski definition) is 2. The average Bonchev–Trinajstić information content (AvgIpc) is 2.35. The van der Waals surface area contributed by atoms with Crippen LogP contribution in [0, 0.1) is 5.82 Å². The molecule has 0 fully saturated rings. The average molecular weight is 299 g/mol. The van der Waals surface area contributed by atoms with Gasteiger partial charge in [0.2, 0.25) is 0 Å². The van der Waals surface area contributed by atoms with Crippen LogP contribution in [0.3, 0.4) is 0 Å². The lowest BCUT2D eigenvalue weighted by atomic mass is 10.1. The van der Waals surface area contributed by atoms with E-state index in [0.29, 0.717) is 16.5 Å². The van der Waals surface area contributed by atoms with Crippen molar-refractivity contribution in [1.82, 2.24) is 9.97 Å². The molecule has 0 aliphatic heterocycles. The van der Waals surface area contributed by atoms with E-state index in [4.69, 9.17) is 23.2 Å². The van der Waals surface area contributed by atoms with Crippen LogP contribution >= 0.6 is 23.2 Å². The van der Waals surface area contributed by atoms with Crippen molar-refractivity contribution in [3.63, 3.8) is 0 Å². The van der Waals surface area contributed by atoms with Crippen LogP contribution in [-0.4, -0.2) is 9.97 Å². The van der Waals surface area contributed by atoms with Crippen LogP contribution in [-0.2, 0) is 12.8 Å². The van der Waals surface area contributed by atoms with Crippen molar-refractivity contribution in [1.29, 1.82) is 0 Å². The topological polar surface area (TPSA) is 25.8 Å². The Balaban J connectivity index is 2.30. The predicted octanol–water partition coefficient (Wildman–Crippen LogP) is 4.47. The number of rotatable bonds is 4. The molecule has 0 saturated carbocycles. The molecule has 0 spiro atoms. The van der Waals surface area contributed by atoms with Gasteiger partial charge < -0.3 is 0 Å². The van der Waals surface area contributed by atoms with Gasteiger partial charge in [-0.1, -0.05) is 48.7 Å². The molecular formula is C14H13Cl2FN2. The largest absolute Gasteiger partial charge is 0.237 e. The first kappa shape index (κ1) is 14.2. The third-order valence-corrected chi connectivity index (χ3v) is 3.17. The number of hydrogen-bond donors (Lipinski definition) is 0. The minimum atomic E-state index is -0.426. The molecule has 2 aromatic rings. The van der Waals surface area contributed by atoms with Crippen LogP contribution in [0.1, 0.15) is 30.4 Å². The second-order valence-corrected chi connectivity index (χ2v) is 5.03. The zero-order valence-corrected chi connectivity index (χ0v) is 12.0. The maximum atomic E-state index is 13.8. The Hall–Kier alpha value is -1.19. The molecule has 0 unspecified atom stereocenters. The summed E-state index contributed by atoms with van der Waals surface area (Å²) in [6.45, 7) is 2.06. The van der Waals surface area contributed by atoms with E-state index in [-0.39, 0.29) is 11.4 Å². The Bertz CT molecular complexity index is 588. The molecule has 5 heteroatoms. The molecule has 1 aromatic heterocycles. The summed E-state index contributed by atoms with van der Waals surface area (Å²) in [5.41, 5.74) is 1.34. The molecule has 1 aromatic carbocycles. The van der Waals surface area contributed by atoms with Gasteiger partial charge in [0, 0.05) is 12.1 Å². The SMILES string of the molecule is CCCc1cc(Cl)nc(Cc2cccc(Cl)c2F)n1. The monoisotopic (exact) mass is 298 g/mol. The van der Waals surface area contributed by atoms with Crippen molar-refractivity contribution < 1.29 is 4.39 Å². The number of aryl methyl sites for hydroxylation is 1. The van der Waals surface area contributed by atoms with Crippen LogP contribution in [0.25, 0.3) is 0 Å². The van der Waals surface area contributed by atoms with Crippen molar-refractivity contribution in [2.24, 2.45) is 0 Å². The van der Waals surface area contributed by atoms with E-state index in [0.717, 1.165) is 18.5 Å². The molecule has 0 saturated heterocycles. The van der Waals surface area contributed by atoms with Gasteiger partial charge in [-0.2, -0.15) is 0 Å². The first-order chi connectivity index (χ1) is 9.10. The number of benzene rings is 1. The summed E-state index contributed by atoms with van der Waals surface area (Å²) in [5.74, 6) is 0.0851. The smallest absolute Gasteiger partial charge is 0.145 e. The van der Waals surface area contributed by atoms with Gasteiger partial charge in [-0.3, -0.25) is 0 Å². The maximum absolute atomic E-state index is 13.8. The highest BCUT2D eigenvalue weighted by Crippen LogP contribution is 2.20. The molecule has 2 rings (SSSR count). The third-order valence-electron chi connectivity index (χ3n) is 2.68. The van der Waals surface area contributed by atoms with Gasteiger partial charge in [0.05, 0.1) is 5.02 Å². The fourth-order valence-corrected chi connectivity index (χ4v) is 2.25. The normalized spacial score (nSPS) is 10.7. The van der Waals surface area contributed by atoms with E-state index in [2.05, 4.69) is 16.9 Å². The molecule has 1 heterocycles. The molecule has 0 N–H and O–H groups in total. The predicted molar refractivity (Wildman–Crippen MR) is 75.3 cm³/mol. The Morgan fingerprint density at radius 3 is 2.74 bits per heavy atom. The second-order valence-electron chi connectivity index (χ2n) is 4.24. The van der Waals surface area contributed by atoms with E-state index >= 15 is 0 Å². The Labute approximate surface area is 121 Å². The van der Waals surface area contributed by atoms with Gasteiger partial charge >= 0.3 is 0 Å². The summed E-state index contributed by atoms with van der Waals surface area (Å²) in [4.78, 5) is 8.51. The third kappa shape index (κ3) is 3.64. The van der Waals surface area contributed by atoms with E-state index < -0.39 is 5.82 Å². The Morgan fingerprint density at radius 2 is 2.00 bits per heavy atom. The van der Waals surface area contributed by atoms with E-state index in [9.17, 15) is 4.39 Å². The highest BCUT2D eigenvalue weighted by Gasteiger charge is 2.10. The lowest BCUT2D eigenvalue weighted by Gasteiger charge is -2.06. The highest BCUT2D eigenvalue weighted by molar-refractivity contribution is 6.30. The van der Waals surface area contributed by atoms with Crippen molar-refractivity contribution in [2.75, 3.05) is 0 Å². The molecule has 0 atom stereocenters. The van der Waals surface area contributed by atoms with Crippen LogP contribution < -0.4 is 0 Å². The van der Waals surface area contributed by atoms with Crippen molar-refractivity contribution >= 4 is 23.2 Å². The fraction of sp³-hybridized carbons (Fsp3) is 0.286. The molecule has 19 heavy (non-hydrogen) atoms. The molecular weight excluding hydrogens is 286 g/mol. The molecule has 0 radical (unpaired) electrons. The van der Waals surface area contributed by atoms with Crippen LogP contribution in [0.5, 0.6) is 0 Å². The summed E-state index contributed by atoms with van der Waals surface area (Å²) >= 11 is 11.7. The van der Waals surface area contributed by atoms with Gasteiger partial charge in [0.25, 0.3) is 0 Å². The summed E-state index contributed by atoms with van der Waals surface area (Å²) in [5, 5.41) is 0.490. The molecule has 0 amide bonds. The van der Waals surface area contributed by atoms with Crippen LogP contribution in [0.15, 0.2) is 24.3 Å². The minimum Gasteiger partial charge on any atom is -0.237 e. The Morgan fingerprint density at radius 1 is 1.21 bits per heavy atom. The van der Waals surface area contributed by atoms with Crippen molar-refractivity contribution in [3.05, 3.63) is 57.3 Å². The van der Waals surface area contributed by atoms with Gasteiger partial charge in [0.15, 0.2) is 0 Å². The van der Waals surface area contributed by atoms with Crippen molar-refractivity contribution in [2.45, 2.75) is 26.2 Å². The first-order valence-corrected chi connectivity index (χ1v) is 6.81. The van der Waals surface area contributed by atoms with Crippen molar-refractivity contribution in [3.8, 4) is 0 Å². The zero-order valence-electron chi connectivity index (χ0n) is 10.5. The van der Waals surface area contributed by atoms with Crippen LogP contribution in [0.2, 0.25) is 10.2 Å². The van der Waals surface area contributed by atoms with Gasteiger partial charge in [0.1, 0.15) is 16.8 Å². The maximum Gasteiger partial charge on any atom is 0.145 e. The van der Waals surface area contributed by atoms with E-state index in [1.807, 2.05) is 0 Å². The summed E-state index contributed by atoms with van der Waals surface area (Å²) in [7, 11) is 0. The quantitative estimate of drug-likeness (QED) is 0.779. The lowest BCUT2D eigenvalue weighted by Crippen LogP contribution is -2.02. The zero-order chi connectivity index (χ0) is 13.8. The lowest BCUT2D eigenvalue weighted by molar-refractivity contribution is 0.612. The molecule has 2 nitrogen and oxygen atoms in total. The highest BCUT2D eigenvalue weighted by atomic mass is 35.5. The molecule has 0 aliphatic carbocycles. The van der Waals surface area contributed by atoms with Gasteiger partial charge in [-0.15, -0.1) is 0 Å². The standard InChI is InChI=1S/C14H13Cl2FN2/c1-2-4-10-8-12(16)19-13(18-10)7-9-5-3-6-11(15)14(9)17/h3,5-6,8H,2,4,7H2,1H3. The van der Waals surface area contributed by atoms with Gasteiger partial charge in [-0.05, 0) is 24.1 Å². The second kappa shape index (κ2) is 6.31. The first-order valence-electron chi connectivity index (χ1n) is 6.05. The number of halogens is 3. The van der Waals surface area contributed by atoms with Gasteiger partial charge in [-0.25, -0.2) is 14.4 Å². The Kier molecular flexibility index (Phi) is 4.72. The van der Waals surface area contributed by atoms with E-state index in [1.165, 1.54) is 6.07 Å². The summed E-state index contributed by atoms with van der Waals surface area (Å²) < 4.78 is 13.8. The van der Waals surface area contributed by atoms with Crippen LogP contribution in [0.4, 0.5) is 4.39 Å². The summed E-state index contributed by atoms with van der Waals surface area (Å²) in [6, 6.07) is 6.63.